The van der Waals surface area contributed by atoms with Crippen LogP contribution in [0, 0.1) is 0 Å². The topological polar surface area (TPSA) is 38.9 Å². The molecule has 0 atom stereocenters. The highest BCUT2D eigenvalue weighted by Crippen LogP contribution is 2.30. The predicted molar refractivity (Wildman–Crippen MR) is 72.7 cm³/mol. The Kier molecular flexibility index (Phi) is 4.29. The maximum absolute atomic E-state index is 5.94. The van der Waals surface area contributed by atoms with Crippen LogP contribution in [0.3, 0.4) is 0 Å². The van der Waals surface area contributed by atoms with E-state index in [2.05, 4.69) is 4.98 Å². The fraction of sp³-hybridized carbons (Fsp3) is 0.0833. The van der Waals surface area contributed by atoms with Crippen LogP contribution < -0.4 is 5.73 Å². The van der Waals surface area contributed by atoms with Crippen LogP contribution >= 0.6 is 35.0 Å². The van der Waals surface area contributed by atoms with E-state index in [1.54, 1.807) is 6.07 Å². The summed E-state index contributed by atoms with van der Waals surface area (Å²) in [5.41, 5.74) is 6.41. The van der Waals surface area contributed by atoms with E-state index in [0.29, 0.717) is 16.6 Å². The molecular formula is C12H10Cl2N2S. The van der Waals surface area contributed by atoms with Gasteiger partial charge in [-0.1, -0.05) is 41.0 Å². The molecule has 0 aliphatic carbocycles. The quantitative estimate of drug-likeness (QED) is 0.926. The lowest BCUT2D eigenvalue weighted by molar-refractivity contribution is 0.942. The van der Waals surface area contributed by atoms with Gasteiger partial charge in [0.15, 0.2) is 0 Å². The Hall–Kier alpha value is -0.740. The van der Waals surface area contributed by atoms with Crippen LogP contribution in [0.4, 0.5) is 0 Å². The molecule has 0 saturated carbocycles. The number of halogens is 2. The highest BCUT2D eigenvalue weighted by Gasteiger charge is 2.02. The molecule has 17 heavy (non-hydrogen) atoms. The van der Waals surface area contributed by atoms with Crippen molar-refractivity contribution in [2.45, 2.75) is 16.5 Å². The van der Waals surface area contributed by atoms with E-state index in [4.69, 9.17) is 28.9 Å². The maximum atomic E-state index is 5.94. The Morgan fingerprint density at radius 3 is 2.47 bits per heavy atom. The van der Waals surface area contributed by atoms with Gasteiger partial charge in [-0.3, -0.25) is 0 Å². The molecule has 0 aliphatic rings. The van der Waals surface area contributed by atoms with Crippen LogP contribution in [0.15, 0.2) is 46.3 Å². The minimum Gasteiger partial charge on any atom is -0.325 e. The van der Waals surface area contributed by atoms with E-state index in [-0.39, 0.29) is 0 Å². The minimum absolute atomic E-state index is 0.435. The summed E-state index contributed by atoms with van der Waals surface area (Å²) in [5, 5.41) is 2.12. The van der Waals surface area contributed by atoms with Crippen molar-refractivity contribution in [3.05, 3.63) is 52.1 Å². The molecule has 0 spiro atoms. The summed E-state index contributed by atoms with van der Waals surface area (Å²) in [4.78, 5) is 5.36. The zero-order chi connectivity index (χ0) is 12.3. The van der Waals surface area contributed by atoms with Crippen LogP contribution in [-0.2, 0) is 6.54 Å². The molecule has 2 nitrogen and oxygen atoms in total. The van der Waals surface area contributed by atoms with Gasteiger partial charge in [0.2, 0.25) is 0 Å². The summed E-state index contributed by atoms with van der Waals surface area (Å²) in [7, 11) is 0. The third kappa shape index (κ3) is 3.61. The van der Waals surface area contributed by atoms with Gasteiger partial charge in [0.05, 0.1) is 5.69 Å². The van der Waals surface area contributed by atoms with Gasteiger partial charge >= 0.3 is 0 Å². The molecule has 88 valence electrons. The maximum Gasteiger partial charge on any atom is 0.101 e. The summed E-state index contributed by atoms with van der Waals surface area (Å²) in [5.74, 6) is 0. The van der Waals surface area contributed by atoms with E-state index in [1.807, 2.05) is 30.3 Å². The van der Waals surface area contributed by atoms with Crippen LogP contribution in [-0.4, -0.2) is 4.98 Å². The van der Waals surface area contributed by atoms with Gasteiger partial charge in [0, 0.05) is 21.5 Å². The van der Waals surface area contributed by atoms with Crippen molar-refractivity contribution in [2.75, 3.05) is 0 Å². The summed E-state index contributed by atoms with van der Waals surface area (Å²) in [6.45, 7) is 0.435. The second-order valence-electron chi connectivity index (χ2n) is 3.38. The second-order valence-corrected chi connectivity index (χ2v) is 5.35. The molecule has 0 unspecified atom stereocenters. The number of hydrogen-bond donors (Lipinski definition) is 1. The summed E-state index contributed by atoms with van der Waals surface area (Å²) < 4.78 is 0. The van der Waals surface area contributed by atoms with E-state index < -0.39 is 0 Å². The molecule has 1 aromatic carbocycles. The number of rotatable bonds is 3. The third-order valence-electron chi connectivity index (χ3n) is 2.05. The lowest BCUT2D eigenvalue weighted by Crippen LogP contribution is -1.99. The number of nitrogens with zero attached hydrogens (tertiary/aromatic N) is 1. The Balaban J connectivity index is 2.24. The lowest BCUT2D eigenvalue weighted by Gasteiger charge is -2.04. The molecule has 1 heterocycles. The first kappa shape index (κ1) is 12.7. The SMILES string of the molecule is NCc1cccc(Sc2cc(Cl)cc(Cl)c2)n1. The standard InChI is InChI=1S/C12H10Cl2N2S/c13-8-4-9(14)6-11(5-8)17-12-3-1-2-10(7-15)16-12/h1-6H,7,15H2. The lowest BCUT2D eigenvalue weighted by atomic mass is 10.4. The van der Waals surface area contributed by atoms with Crippen LogP contribution in [0.5, 0.6) is 0 Å². The first-order chi connectivity index (χ1) is 8.17. The van der Waals surface area contributed by atoms with Crippen molar-refractivity contribution in [3.63, 3.8) is 0 Å². The zero-order valence-corrected chi connectivity index (χ0v) is 11.2. The molecular weight excluding hydrogens is 275 g/mol. The minimum atomic E-state index is 0.435. The molecule has 2 N–H and O–H groups in total. The molecule has 0 fully saturated rings. The predicted octanol–water partition coefficient (Wildman–Crippen LogP) is 4.00. The molecule has 0 bridgehead atoms. The van der Waals surface area contributed by atoms with Crippen molar-refractivity contribution in [1.29, 1.82) is 0 Å². The summed E-state index contributed by atoms with van der Waals surface area (Å²) in [6.07, 6.45) is 0. The van der Waals surface area contributed by atoms with Crippen LogP contribution in [0.1, 0.15) is 5.69 Å². The Morgan fingerprint density at radius 1 is 1.12 bits per heavy atom. The Bertz CT molecular complexity index is 511. The number of nitrogens with two attached hydrogens (primary N) is 1. The van der Waals surface area contributed by atoms with Crippen molar-refractivity contribution < 1.29 is 0 Å². The summed E-state index contributed by atoms with van der Waals surface area (Å²) in [6, 6.07) is 11.2. The first-order valence-corrected chi connectivity index (χ1v) is 6.54. The number of benzene rings is 1. The normalized spacial score (nSPS) is 10.5. The van der Waals surface area contributed by atoms with Crippen LogP contribution in [0.25, 0.3) is 0 Å². The first-order valence-electron chi connectivity index (χ1n) is 4.97. The zero-order valence-electron chi connectivity index (χ0n) is 8.86. The van der Waals surface area contributed by atoms with Gasteiger partial charge in [-0.05, 0) is 30.3 Å². The smallest absolute Gasteiger partial charge is 0.101 e. The van der Waals surface area contributed by atoms with Gasteiger partial charge in [-0.25, -0.2) is 4.98 Å². The molecule has 0 aliphatic heterocycles. The average Bonchev–Trinajstić information content (AvgIpc) is 2.28. The highest BCUT2D eigenvalue weighted by atomic mass is 35.5. The molecule has 0 saturated heterocycles. The molecule has 0 radical (unpaired) electrons. The molecule has 5 heteroatoms. The molecule has 2 rings (SSSR count). The van der Waals surface area contributed by atoms with E-state index in [0.717, 1.165) is 15.6 Å². The molecule has 2 aromatic rings. The van der Waals surface area contributed by atoms with Crippen molar-refractivity contribution in [2.24, 2.45) is 5.73 Å². The van der Waals surface area contributed by atoms with Gasteiger partial charge in [0.1, 0.15) is 5.03 Å². The van der Waals surface area contributed by atoms with Crippen LogP contribution in [0.2, 0.25) is 10.0 Å². The fourth-order valence-corrected chi connectivity index (χ4v) is 2.91. The van der Waals surface area contributed by atoms with Gasteiger partial charge < -0.3 is 5.73 Å². The van der Waals surface area contributed by atoms with Crippen molar-refractivity contribution in [1.82, 2.24) is 4.98 Å². The molecule has 0 amide bonds. The second kappa shape index (κ2) is 5.74. The van der Waals surface area contributed by atoms with E-state index in [1.165, 1.54) is 11.8 Å². The van der Waals surface area contributed by atoms with Crippen molar-refractivity contribution in [3.8, 4) is 0 Å². The fourth-order valence-electron chi connectivity index (χ4n) is 1.34. The number of hydrogen-bond acceptors (Lipinski definition) is 3. The monoisotopic (exact) mass is 284 g/mol. The highest BCUT2D eigenvalue weighted by molar-refractivity contribution is 7.99. The van der Waals surface area contributed by atoms with Crippen molar-refractivity contribution >= 4 is 35.0 Å². The Labute approximate surface area is 114 Å². The van der Waals surface area contributed by atoms with Gasteiger partial charge in [-0.2, -0.15) is 0 Å². The molecule has 1 aromatic heterocycles. The Morgan fingerprint density at radius 2 is 1.82 bits per heavy atom. The number of pyridine rings is 1. The van der Waals surface area contributed by atoms with Gasteiger partial charge in [0.25, 0.3) is 0 Å². The van der Waals surface area contributed by atoms with E-state index in [9.17, 15) is 0 Å². The number of aromatic nitrogens is 1. The average molecular weight is 285 g/mol. The largest absolute Gasteiger partial charge is 0.325 e. The summed E-state index contributed by atoms with van der Waals surface area (Å²) >= 11 is 13.4. The van der Waals surface area contributed by atoms with E-state index >= 15 is 0 Å². The van der Waals surface area contributed by atoms with Gasteiger partial charge in [-0.15, -0.1) is 0 Å². The third-order valence-corrected chi connectivity index (χ3v) is 3.39.